The third kappa shape index (κ3) is 4.26. The van der Waals surface area contributed by atoms with Crippen molar-refractivity contribution in [1.29, 1.82) is 5.26 Å². The van der Waals surface area contributed by atoms with Gasteiger partial charge >= 0.3 is 5.97 Å². The number of hydrogen-bond acceptors (Lipinski definition) is 5. The van der Waals surface area contributed by atoms with Gasteiger partial charge in [-0.05, 0) is 39.8 Å². The van der Waals surface area contributed by atoms with E-state index in [2.05, 4.69) is 4.98 Å². The Morgan fingerprint density at radius 2 is 1.78 bits per heavy atom. The smallest absolute Gasteiger partial charge is 0.340 e. The van der Waals surface area contributed by atoms with E-state index in [0.29, 0.717) is 29.3 Å². The highest BCUT2D eigenvalue weighted by Gasteiger charge is 2.27. The number of ether oxygens (including phenoxy) is 2. The zero-order valence-electron chi connectivity index (χ0n) is 15.9. The molecule has 0 bridgehead atoms. The standard InChI is InChI=1S/C21H22N2O4/c1-5-26-17-10-8-7-9-15(17)11-16(12-22)20(24)18-13(3)23-14(4)19(18)21(25)27-6-2/h7-11,23H,5-6H2,1-4H3/b16-11+. The van der Waals surface area contributed by atoms with Gasteiger partial charge in [-0.15, -0.1) is 0 Å². The van der Waals surface area contributed by atoms with Gasteiger partial charge < -0.3 is 14.5 Å². The van der Waals surface area contributed by atoms with Gasteiger partial charge in [0, 0.05) is 17.0 Å². The van der Waals surface area contributed by atoms with E-state index in [1.807, 2.05) is 19.1 Å². The predicted octanol–water partition coefficient (Wildman–Crippen LogP) is 4.00. The Bertz CT molecular complexity index is 932. The summed E-state index contributed by atoms with van der Waals surface area (Å²) in [5.41, 5.74) is 1.90. The van der Waals surface area contributed by atoms with Gasteiger partial charge in [0.25, 0.3) is 0 Å². The maximum Gasteiger partial charge on any atom is 0.340 e. The molecule has 0 saturated heterocycles. The quantitative estimate of drug-likeness (QED) is 0.346. The minimum atomic E-state index is -0.588. The van der Waals surface area contributed by atoms with Crippen molar-refractivity contribution in [2.75, 3.05) is 13.2 Å². The summed E-state index contributed by atoms with van der Waals surface area (Å²) < 4.78 is 10.6. The van der Waals surface area contributed by atoms with Crippen LogP contribution in [-0.2, 0) is 4.74 Å². The number of benzene rings is 1. The van der Waals surface area contributed by atoms with Crippen molar-refractivity contribution in [3.05, 3.63) is 57.9 Å². The second-order valence-electron chi connectivity index (χ2n) is 5.82. The summed E-state index contributed by atoms with van der Waals surface area (Å²) in [4.78, 5) is 28.3. The molecule has 0 radical (unpaired) electrons. The first-order valence-corrected chi connectivity index (χ1v) is 8.69. The first kappa shape index (κ1) is 20.0. The lowest BCUT2D eigenvalue weighted by Gasteiger charge is -2.08. The second-order valence-corrected chi connectivity index (χ2v) is 5.82. The van der Waals surface area contributed by atoms with E-state index in [1.54, 1.807) is 39.0 Å². The van der Waals surface area contributed by atoms with Crippen molar-refractivity contribution >= 4 is 17.8 Å². The third-order valence-corrected chi connectivity index (χ3v) is 3.97. The molecule has 1 aromatic heterocycles. The van der Waals surface area contributed by atoms with Crippen LogP contribution in [0.15, 0.2) is 29.8 Å². The number of para-hydroxylation sites is 1. The van der Waals surface area contributed by atoms with E-state index in [-0.39, 0.29) is 23.3 Å². The summed E-state index contributed by atoms with van der Waals surface area (Å²) in [6, 6.07) is 9.08. The second kappa shape index (κ2) is 8.86. The molecule has 1 heterocycles. The molecule has 0 aliphatic heterocycles. The van der Waals surface area contributed by atoms with Crippen LogP contribution < -0.4 is 4.74 Å². The van der Waals surface area contributed by atoms with Crippen LogP contribution in [0.25, 0.3) is 6.08 Å². The number of carbonyl (C=O) groups is 2. The Morgan fingerprint density at radius 3 is 2.41 bits per heavy atom. The van der Waals surface area contributed by atoms with Crippen molar-refractivity contribution < 1.29 is 19.1 Å². The van der Waals surface area contributed by atoms with Gasteiger partial charge in [0.1, 0.15) is 17.4 Å². The van der Waals surface area contributed by atoms with Crippen molar-refractivity contribution in [2.45, 2.75) is 27.7 Å². The number of nitrogens with one attached hydrogen (secondary N) is 1. The molecule has 1 aromatic carbocycles. The number of rotatable bonds is 7. The van der Waals surface area contributed by atoms with Gasteiger partial charge in [0.2, 0.25) is 5.78 Å². The molecule has 0 amide bonds. The normalized spacial score (nSPS) is 11.0. The van der Waals surface area contributed by atoms with Gasteiger partial charge in [-0.2, -0.15) is 5.26 Å². The highest BCUT2D eigenvalue weighted by atomic mass is 16.5. The Balaban J connectivity index is 2.54. The van der Waals surface area contributed by atoms with E-state index in [9.17, 15) is 14.9 Å². The molecule has 27 heavy (non-hydrogen) atoms. The molecule has 0 saturated carbocycles. The minimum absolute atomic E-state index is 0.0881. The highest BCUT2D eigenvalue weighted by molar-refractivity contribution is 6.19. The van der Waals surface area contributed by atoms with Crippen LogP contribution in [0, 0.1) is 25.2 Å². The highest BCUT2D eigenvalue weighted by Crippen LogP contribution is 2.26. The Kier molecular flexibility index (Phi) is 6.56. The number of nitrogens with zero attached hydrogens (tertiary/aromatic N) is 1. The van der Waals surface area contributed by atoms with E-state index >= 15 is 0 Å². The molecule has 0 aliphatic rings. The number of nitriles is 1. The lowest BCUT2D eigenvalue weighted by molar-refractivity contribution is 0.0523. The average Bonchev–Trinajstić information content (AvgIpc) is 2.94. The molecule has 0 spiro atoms. The van der Waals surface area contributed by atoms with Gasteiger partial charge in [0.15, 0.2) is 0 Å². The SMILES string of the molecule is CCOC(=O)c1c(C)[nH]c(C)c1C(=O)/C(C#N)=C/c1ccccc1OCC. The van der Waals surface area contributed by atoms with E-state index < -0.39 is 11.8 Å². The predicted molar refractivity (Wildman–Crippen MR) is 102 cm³/mol. The maximum absolute atomic E-state index is 13.1. The van der Waals surface area contributed by atoms with Gasteiger partial charge in [0.05, 0.1) is 24.3 Å². The molecule has 0 aliphatic carbocycles. The number of ketones is 1. The fourth-order valence-electron chi connectivity index (χ4n) is 2.85. The molecule has 6 nitrogen and oxygen atoms in total. The number of Topliss-reactive ketones (excluding diaryl/α,β-unsaturated/α-hetero) is 1. The van der Waals surface area contributed by atoms with Crippen LogP contribution >= 0.6 is 0 Å². The minimum Gasteiger partial charge on any atom is -0.493 e. The lowest BCUT2D eigenvalue weighted by atomic mass is 9.97. The van der Waals surface area contributed by atoms with Crippen LogP contribution in [0.4, 0.5) is 0 Å². The molecular weight excluding hydrogens is 344 g/mol. The van der Waals surface area contributed by atoms with Gasteiger partial charge in [-0.25, -0.2) is 4.79 Å². The van der Waals surface area contributed by atoms with Crippen LogP contribution in [0.1, 0.15) is 51.5 Å². The maximum atomic E-state index is 13.1. The molecule has 140 valence electrons. The molecule has 2 aromatic rings. The summed E-state index contributed by atoms with van der Waals surface area (Å²) in [6.45, 7) is 7.58. The van der Waals surface area contributed by atoms with Crippen molar-refractivity contribution in [2.24, 2.45) is 0 Å². The number of aromatic amines is 1. The summed E-state index contributed by atoms with van der Waals surface area (Å²) in [7, 11) is 0. The van der Waals surface area contributed by atoms with Crippen molar-refractivity contribution in [1.82, 2.24) is 4.98 Å². The van der Waals surface area contributed by atoms with Gasteiger partial charge in [-0.3, -0.25) is 4.79 Å². The van der Waals surface area contributed by atoms with Crippen LogP contribution in [0.2, 0.25) is 0 Å². The Labute approximate surface area is 158 Å². The number of hydrogen-bond donors (Lipinski definition) is 1. The average molecular weight is 366 g/mol. The number of aromatic nitrogens is 1. The van der Waals surface area contributed by atoms with Gasteiger partial charge in [-0.1, -0.05) is 18.2 Å². The number of allylic oxidation sites excluding steroid dienone is 1. The zero-order chi connectivity index (χ0) is 20.0. The number of aryl methyl sites for hydroxylation is 2. The summed E-state index contributed by atoms with van der Waals surface area (Å²) in [5, 5.41) is 9.56. The van der Waals surface area contributed by atoms with E-state index in [1.165, 1.54) is 6.08 Å². The number of carbonyl (C=O) groups excluding carboxylic acids is 2. The third-order valence-electron chi connectivity index (χ3n) is 3.97. The van der Waals surface area contributed by atoms with Crippen molar-refractivity contribution in [3.63, 3.8) is 0 Å². The summed E-state index contributed by atoms with van der Waals surface area (Å²) in [5.74, 6) is -0.545. The van der Waals surface area contributed by atoms with E-state index in [0.717, 1.165) is 0 Å². The monoisotopic (exact) mass is 366 g/mol. The fraction of sp³-hybridized carbons (Fsp3) is 0.286. The number of esters is 1. The molecule has 0 unspecified atom stereocenters. The van der Waals surface area contributed by atoms with Crippen LogP contribution in [0.5, 0.6) is 5.75 Å². The first-order valence-electron chi connectivity index (χ1n) is 8.69. The van der Waals surface area contributed by atoms with Crippen molar-refractivity contribution in [3.8, 4) is 11.8 Å². The molecule has 2 rings (SSSR count). The largest absolute Gasteiger partial charge is 0.493 e. The van der Waals surface area contributed by atoms with Crippen LogP contribution in [-0.4, -0.2) is 30.0 Å². The summed E-state index contributed by atoms with van der Waals surface area (Å²) >= 11 is 0. The molecule has 0 fully saturated rings. The lowest BCUT2D eigenvalue weighted by Crippen LogP contribution is -2.13. The van der Waals surface area contributed by atoms with E-state index in [4.69, 9.17) is 9.47 Å². The molecule has 0 atom stereocenters. The molecule has 1 N–H and O–H groups in total. The first-order chi connectivity index (χ1) is 12.9. The zero-order valence-corrected chi connectivity index (χ0v) is 15.9. The van der Waals surface area contributed by atoms with Crippen LogP contribution in [0.3, 0.4) is 0 Å². The Morgan fingerprint density at radius 1 is 1.11 bits per heavy atom. The molecular formula is C21H22N2O4. The summed E-state index contributed by atoms with van der Waals surface area (Å²) in [6.07, 6.45) is 1.48. The fourth-order valence-corrected chi connectivity index (χ4v) is 2.85. The Hall–Kier alpha value is -3.33. The topological polar surface area (TPSA) is 92.2 Å². The number of H-pyrrole nitrogens is 1. The molecule has 6 heteroatoms.